The van der Waals surface area contributed by atoms with Crippen molar-refractivity contribution in [2.24, 2.45) is 14.1 Å². The van der Waals surface area contributed by atoms with Crippen LogP contribution in [0.2, 0.25) is 0 Å². The van der Waals surface area contributed by atoms with Gasteiger partial charge in [-0.3, -0.25) is 0 Å². The largest absolute Gasteiger partial charge is 0.357 e. The van der Waals surface area contributed by atoms with E-state index >= 15 is 0 Å². The van der Waals surface area contributed by atoms with Crippen molar-refractivity contribution in [1.29, 1.82) is 0 Å². The highest BCUT2D eigenvalue weighted by Gasteiger charge is 2.33. The molecule has 2 rings (SSSR count). The molecule has 0 aliphatic heterocycles. The van der Waals surface area contributed by atoms with E-state index in [1.807, 2.05) is 0 Å². The molecule has 2 aromatic rings. The summed E-state index contributed by atoms with van der Waals surface area (Å²) in [4.78, 5) is 0. The van der Waals surface area contributed by atoms with Crippen molar-refractivity contribution in [3.8, 4) is 0 Å². The van der Waals surface area contributed by atoms with Crippen LogP contribution in [0.5, 0.6) is 0 Å². The normalized spacial score (nSPS) is 12.0. The van der Waals surface area contributed by atoms with Gasteiger partial charge in [-0.05, 0) is 36.1 Å². The van der Waals surface area contributed by atoms with Gasteiger partial charge in [0.2, 0.25) is 0 Å². The van der Waals surface area contributed by atoms with Crippen molar-refractivity contribution in [3.63, 3.8) is 0 Å². The molecular weight excluding hydrogens is 232 g/mol. The van der Waals surface area contributed by atoms with E-state index < -0.39 is 0 Å². The summed E-state index contributed by atoms with van der Waals surface area (Å²) < 4.78 is 4.33. The first-order valence-corrected chi connectivity index (χ1v) is 7.37. The molecule has 0 saturated heterocycles. The molecule has 0 unspecified atom stereocenters. The van der Waals surface area contributed by atoms with Gasteiger partial charge in [0.05, 0.1) is 0 Å². The summed E-state index contributed by atoms with van der Waals surface area (Å²) in [7, 11) is 4.22. The first-order valence-electron chi connectivity index (χ1n) is 7.37. The van der Waals surface area contributed by atoms with Gasteiger partial charge in [0.1, 0.15) is 0 Å². The molecule has 0 spiro atoms. The van der Waals surface area contributed by atoms with Crippen LogP contribution in [0, 0.1) is 0 Å². The highest BCUT2D eigenvalue weighted by Crippen LogP contribution is 2.41. The predicted octanol–water partition coefficient (Wildman–Crippen LogP) is 4.25. The second-order valence-corrected chi connectivity index (χ2v) is 5.71. The molecule has 2 heterocycles. The average molecular weight is 258 g/mol. The highest BCUT2D eigenvalue weighted by atomic mass is 14.9. The van der Waals surface area contributed by atoms with E-state index in [0.717, 1.165) is 0 Å². The summed E-state index contributed by atoms with van der Waals surface area (Å²) in [5.74, 6) is 0. The second-order valence-electron chi connectivity index (χ2n) is 5.71. The van der Waals surface area contributed by atoms with Gasteiger partial charge in [0.15, 0.2) is 0 Å². The number of hydrogen-bond acceptors (Lipinski definition) is 0. The van der Waals surface area contributed by atoms with Crippen LogP contribution in [0.25, 0.3) is 0 Å². The van der Waals surface area contributed by atoms with Crippen molar-refractivity contribution in [3.05, 3.63) is 48.0 Å². The lowest BCUT2D eigenvalue weighted by atomic mass is 9.70. The molecule has 0 aliphatic carbocycles. The van der Waals surface area contributed by atoms with Crippen LogP contribution in [0.3, 0.4) is 0 Å². The Morgan fingerprint density at radius 2 is 1.26 bits per heavy atom. The smallest absolute Gasteiger partial charge is 0.0232 e. The quantitative estimate of drug-likeness (QED) is 0.733. The summed E-state index contributed by atoms with van der Waals surface area (Å²) in [5.41, 5.74) is 3.11. The fourth-order valence-corrected chi connectivity index (χ4v) is 3.30. The van der Waals surface area contributed by atoms with E-state index in [1.54, 1.807) is 0 Å². The summed E-state index contributed by atoms with van der Waals surface area (Å²) in [6, 6.07) is 4.58. The average Bonchev–Trinajstić information content (AvgIpc) is 2.98. The van der Waals surface area contributed by atoms with Gasteiger partial charge in [0.25, 0.3) is 0 Å². The van der Waals surface area contributed by atoms with Crippen LogP contribution in [-0.2, 0) is 19.5 Å². The zero-order valence-corrected chi connectivity index (χ0v) is 12.7. The minimum atomic E-state index is 0.187. The van der Waals surface area contributed by atoms with Gasteiger partial charge in [-0.2, -0.15) is 0 Å². The van der Waals surface area contributed by atoms with Crippen molar-refractivity contribution in [2.75, 3.05) is 0 Å². The monoisotopic (exact) mass is 258 g/mol. The minimum Gasteiger partial charge on any atom is -0.357 e. The Kier molecular flexibility index (Phi) is 4.18. The van der Waals surface area contributed by atoms with E-state index in [4.69, 9.17) is 0 Å². The fourth-order valence-electron chi connectivity index (χ4n) is 3.30. The van der Waals surface area contributed by atoms with Crippen LogP contribution in [-0.4, -0.2) is 9.13 Å². The zero-order chi connectivity index (χ0) is 13.9. The molecule has 0 atom stereocenters. The van der Waals surface area contributed by atoms with Gasteiger partial charge in [0, 0.05) is 44.3 Å². The van der Waals surface area contributed by atoms with Gasteiger partial charge in [-0.1, -0.05) is 26.7 Å². The molecule has 2 aromatic heterocycles. The SMILES string of the molecule is CCCC(CCC)(c1ccn(C)c1)c1ccn(C)c1. The maximum absolute atomic E-state index is 2.29. The Morgan fingerprint density at radius 3 is 1.53 bits per heavy atom. The van der Waals surface area contributed by atoms with Crippen molar-refractivity contribution in [1.82, 2.24) is 9.13 Å². The summed E-state index contributed by atoms with van der Waals surface area (Å²) >= 11 is 0. The third-order valence-electron chi connectivity index (χ3n) is 4.12. The fraction of sp³-hybridized carbons (Fsp3) is 0.529. The third kappa shape index (κ3) is 2.63. The van der Waals surface area contributed by atoms with Crippen molar-refractivity contribution < 1.29 is 0 Å². The molecule has 0 fully saturated rings. The predicted molar refractivity (Wildman–Crippen MR) is 81.4 cm³/mol. The highest BCUT2D eigenvalue weighted by molar-refractivity contribution is 5.37. The number of nitrogens with zero attached hydrogens (tertiary/aromatic N) is 2. The van der Waals surface area contributed by atoms with Crippen molar-refractivity contribution >= 4 is 0 Å². The topological polar surface area (TPSA) is 9.86 Å². The zero-order valence-electron chi connectivity index (χ0n) is 12.7. The van der Waals surface area contributed by atoms with Gasteiger partial charge in [-0.25, -0.2) is 0 Å². The lowest BCUT2D eigenvalue weighted by Crippen LogP contribution is -2.26. The van der Waals surface area contributed by atoms with E-state index in [-0.39, 0.29) is 5.41 Å². The molecule has 0 aliphatic rings. The lowest BCUT2D eigenvalue weighted by Gasteiger charge is -2.33. The second kappa shape index (κ2) is 5.68. The van der Waals surface area contributed by atoms with E-state index in [9.17, 15) is 0 Å². The summed E-state index contributed by atoms with van der Waals surface area (Å²) in [5, 5.41) is 0. The molecule has 0 saturated carbocycles. The standard InChI is InChI=1S/C17H26N2/c1-5-9-17(10-6-2,15-7-11-18(3)13-15)16-8-12-19(4)14-16/h7-8,11-14H,5-6,9-10H2,1-4H3. The molecule has 0 radical (unpaired) electrons. The van der Waals surface area contributed by atoms with Gasteiger partial charge < -0.3 is 9.13 Å². The van der Waals surface area contributed by atoms with Crippen molar-refractivity contribution in [2.45, 2.75) is 44.9 Å². The van der Waals surface area contributed by atoms with E-state index in [1.165, 1.54) is 36.8 Å². The molecule has 2 heteroatoms. The molecule has 0 aromatic carbocycles. The molecule has 104 valence electrons. The Bertz CT molecular complexity index is 471. The van der Waals surface area contributed by atoms with Crippen LogP contribution in [0.1, 0.15) is 50.7 Å². The Balaban J connectivity index is 2.52. The molecule has 0 bridgehead atoms. The molecule has 0 N–H and O–H groups in total. The minimum absolute atomic E-state index is 0.187. The number of aromatic nitrogens is 2. The maximum Gasteiger partial charge on any atom is 0.0232 e. The molecule has 2 nitrogen and oxygen atoms in total. The Morgan fingerprint density at radius 1 is 0.842 bits per heavy atom. The number of rotatable bonds is 6. The van der Waals surface area contributed by atoms with Gasteiger partial charge in [-0.15, -0.1) is 0 Å². The van der Waals surface area contributed by atoms with Gasteiger partial charge >= 0.3 is 0 Å². The molecule has 0 amide bonds. The molecule has 19 heavy (non-hydrogen) atoms. The Labute approximate surface area is 117 Å². The van der Waals surface area contributed by atoms with E-state index in [2.05, 4.69) is 74.0 Å². The van der Waals surface area contributed by atoms with Crippen LogP contribution in [0.4, 0.5) is 0 Å². The first-order chi connectivity index (χ1) is 9.12. The first kappa shape index (κ1) is 14.0. The lowest BCUT2D eigenvalue weighted by molar-refractivity contribution is 0.425. The Hall–Kier alpha value is -1.44. The van der Waals surface area contributed by atoms with Crippen LogP contribution in [0.15, 0.2) is 36.9 Å². The maximum atomic E-state index is 2.29. The van der Waals surface area contributed by atoms with Crippen LogP contribution < -0.4 is 0 Å². The number of hydrogen-bond donors (Lipinski definition) is 0. The van der Waals surface area contributed by atoms with Crippen LogP contribution >= 0.6 is 0 Å². The summed E-state index contributed by atoms with van der Waals surface area (Å²) in [6.07, 6.45) is 13.8. The third-order valence-corrected chi connectivity index (χ3v) is 4.12. The molecular formula is C17H26N2. The number of aryl methyl sites for hydroxylation is 2. The summed E-state index contributed by atoms with van der Waals surface area (Å²) in [6.45, 7) is 4.58. The van der Waals surface area contributed by atoms with E-state index in [0.29, 0.717) is 0 Å².